The summed E-state index contributed by atoms with van der Waals surface area (Å²) in [7, 11) is 1.77. The number of thioether (sulfide) groups is 1. The average Bonchev–Trinajstić information content (AvgIpc) is 2.64. The van der Waals surface area contributed by atoms with Gasteiger partial charge >= 0.3 is 0 Å². The summed E-state index contributed by atoms with van der Waals surface area (Å²) in [6, 6.07) is 4.98. The van der Waals surface area contributed by atoms with Gasteiger partial charge in [-0.15, -0.1) is 24.0 Å². The third kappa shape index (κ3) is 8.97. The Morgan fingerprint density at radius 2 is 2.04 bits per heavy atom. The zero-order valence-electron chi connectivity index (χ0n) is 16.5. The lowest BCUT2D eigenvalue weighted by molar-refractivity contribution is 0.0320. The second-order valence-corrected chi connectivity index (χ2v) is 7.54. The number of morpholine rings is 1. The van der Waals surface area contributed by atoms with Gasteiger partial charge in [-0.3, -0.25) is 9.89 Å². The minimum Gasteiger partial charge on any atom is -0.379 e. The van der Waals surface area contributed by atoms with Crippen molar-refractivity contribution in [1.29, 1.82) is 0 Å². The summed E-state index contributed by atoms with van der Waals surface area (Å²) >= 11 is 1.69. The molecule has 8 heteroatoms. The SMILES string of the molecule is CN=C(NCc1ccc(F)cc1CSC)NCC(C)CN1CCOCC1.I. The fraction of sp³-hybridized carbons (Fsp3) is 0.632. The molecule has 1 heterocycles. The molecule has 0 saturated carbocycles. The van der Waals surface area contributed by atoms with E-state index >= 15 is 0 Å². The molecule has 1 unspecified atom stereocenters. The highest BCUT2D eigenvalue weighted by Crippen LogP contribution is 2.16. The van der Waals surface area contributed by atoms with E-state index in [1.807, 2.05) is 12.3 Å². The molecule has 1 aromatic rings. The van der Waals surface area contributed by atoms with Gasteiger partial charge < -0.3 is 15.4 Å². The first kappa shape index (κ1) is 24.5. The molecule has 2 N–H and O–H groups in total. The first-order chi connectivity index (χ1) is 12.6. The van der Waals surface area contributed by atoms with E-state index in [-0.39, 0.29) is 29.8 Å². The Morgan fingerprint density at radius 1 is 1.30 bits per heavy atom. The number of ether oxygens (including phenoxy) is 1. The number of nitrogens with zero attached hydrogens (tertiary/aromatic N) is 2. The minimum atomic E-state index is -0.183. The number of guanidine groups is 1. The van der Waals surface area contributed by atoms with Crippen LogP contribution in [0.2, 0.25) is 0 Å². The lowest BCUT2D eigenvalue weighted by Crippen LogP contribution is -2.43. The highest BCUT2D eigenvalue weighted by Gasteiger charge is 2.14. The van der Waals surface area contributed by atoms with E-state index in [9.17, 15) is 4.39 Å². The Kier molecular flexibility index (Phi) is 12.3. The molecule has 0 bridgehead atoms. The summed E-state index contributed by atoms with van der Waals surface area (Å²) in [4.78, 5) is 6.74. The van der Waals surface area contributed by atoms with E-state index in [0.29, 0.717) is 12.5 Å². The predicted octanol–water partition coefficient (Wildman–Crippen LogP) is 2.94. The van der Waals surface area contributed by atoms with Crippen LogP contribution in [-0.4, -0.2) is 63.6 Å². The van der Waals surface area contributed by atoms with Crippen molar-refractivity contribution in [2.75, 3.05) is 52.7 Å². The molecule has 0 amide bonds. The summed E-state index contributed by atoms with van der Waals surface area (Å²) in [5.41, 5.74) is 2.13. The van der Waals surface area contributed by atoms with Crippen LogP contribution in [0.5, 0.6) is 0 Å². The number of hydrogen-bond acceptors (Lipinski definition) is 4. The zero-order chi connectivity index (χ0) is 18.8. The van der Waals surface area contributed by atoms with Gasteiger partial charge in [-0.1, -0.05) is 13.0 Å². The van der Waals surface area contributed by atoms with Crippen LogP contribution in [0.15, 0.2) is 23.2 Å². The van der Waals surface area contributed by atoms with Gasteiger partial charge in [0.2, 0.25) is 0 Å². The largest absolute Gasteiger partial charge is 0.379 e. The molecule has 1 atom stereocenters. The van der Waals surface area contributed by atoms with E-state index in [0.717, 1.165) is 62.2 Å². The van der Waals surface area contributed by atoms with Crippen molar-refractivity contribution < 1.29 is 9.13 Å². The van der Waals surface area contributed by atoms with Crippen molar-refractivity contribution in [1.82, 2.24) is 15.5 Å². The van der Waals surface area contributed by atoms with Crippen LogP contribution in [-0.2, 0) is 17.0 Å². The summed E-state index contributed by atoms with van der Waals surface area (Å²) in [6.07, 6.45) is 2.03. The maximum atomic E-state index is 13.5. The van der Waals surface area contributed by atoms with E-state index in [1.54, 1.807) is 24.9 Å². The average molecular weight is 510 g/mol. The summed E-state index contributed by atoms with van der Waals surface area (Å²) in [5.74, 6) is 1.91. The van der Waals surface area contributed by atoms with Gasteiger partial charge in [0.15, 0.2) is 5.96 Å². The van der Waals surface area contributed by atoms with Crippen LogP contribution in [0, 0.1) is 11.7 Å². The lowest BCUT2D eigenvalue weighted by atomic mass is 10.1. The van der Waals surface area contributed by atoms with Crippen LogP contribution in [0.1, 0.15) is 18.1 Å². The Labute approximate surface area is 183 Å². The zero-order valence-corrected chi connectivity index (χ0v) is 19.6. The van der Waals surface area contributed by atoms with Crippen molar-refractivity contribution >= 4 is 41.7 Å². The van der Waals surface area contributed by atoms with Crippen molar-refractivity contribution in [3.05, 3.63) is 35.1 Å². The molecule has 27 heavy (non-hydrogen) atoms. The number of rotatable bonds is 8. The van der Waals surface area contributed by atoms with E-state index in [1.165, 1.54) is 6.07 Å². The molecular formula is C19H32FIN4OS. The van der Waals surface area contributed by atoms with Crippen LogP contribution in [0.4, 0.5) is 4.39 Å². The molecule has 1 aromatic carbocycles. The normalized spacial score (nSPS) is 16.5. The maximum Gasteiger partial charge on any atom is 0.191 e. The Balaban J connectivity index is 0.00000364. The second kappa shape index (κ2) is 13.6. The molecule has 1 saturated heterocycles. The molecule has 154 valence electrons. The van der Waals surface area contributed by atoms with Crippen molar-refractivity contribution in [2.24, 2.45) is 10.9 Å². The topological polar surface area (TPSA) is 48.9 Å². The van der Waals surface area contributed by atoms with Crippen molar-refractivity contribution in [3.8, 4) is 0 Å². The van der Waals surface area contributed by atoms with Crippen LogP contribution in [0.25, 0.3) is 0 Å². The van der Waals surface area contributed by atoms with Crippen molar-refractivity contribution in [3.63, 3.8) is 0 Å². The Bertz CT molecular complexity index is 585. The van der Waals surface area contributed by atoms with Gasteiger partial charge in [0.25, 0.3) is 0 Å². The van der Waals surface area contributed by atoms with E-state index in [2.05, 4.69) is 27.4 Å². The summed E-state index contributed by atoms with van der Waals surface area (Å²) in [5, 5.41) is 6.73. The smallest absolute Gasteiger partial charge is 0.191 e. The fourth-order valence-corrected chi connectivity index (χ4v) is 3.60. The lowest BCUT2D eigenvalue weighted by Gasteiger charge is -2.29. The van der Waals surface area contributed by atoms with E-state index in [4.69, 9.17) is 4.74 Å². The minimum absolute atomic E-state index is 0. The first-order valence-corrected chi connectivity index (χ1v) is 10.5. The Hall–Kier alpha value is -0.580. The molecule has 0 spiro atoms. The second-order valence-electron chi connectivity index (χ2n) is 6.67. The molecule has 2 rings (SSSR count). The van der Waals surface area contributed by atoms with Gasteiger partial charge in [0.05, 0.1) is 13.2 Å². The molecule has 0 radical (unpaired) electrons. The first-order valence-electron chi connectivity index (χ1n) is 9.13. The number of nitrogens with one attached hydrogen (secondary N) is 2. The van der Waals surface area contributed by atoms with Gasteiger partial charge in [-0.05, 0) is 35.4 Å². The predicted molar refractivity (Wildman–Crippen MR) is 124 cm³/mol. The van der Waals surface area contributed by atoms with Crippen LogP contribution < -0.4 is 10.6 Å². The van der Waals surface area contributed by atoms with Gasteiger partial charge in [-0.2, -0.15) is 11.8 Å². The van der Waals surface area contributed by atoms with Crippen LogP contribution >= 0.6 is 35.7 Å². The summed E-state index contributed by atoms with van der Waals surface area (Å²) < 4.78 is 18.9. The molecular weight excluding hydrogens is 478 g/mol. The molecule has 0 aromatic heterocycles. The fourth-order valence-electron chi connectivity index (χ4n) is 3.02. The van der Waals surface area contributed by atoms with Crippen molar-refractivity contribution in [2.45, 2.75) is 19.2 Å². The number of benzene rings is 1. The number of aliphatic imine (C=N–C) groups is 1. The highest BCUT2D eigenvalue weighted by molar-refractivity contribution is 14.0. The van der Waals surface area contributed by atoms with Crippen LogP contribution in [0.3, 0.4) is 0 Å². The van der Waals surface area contributed by atoms with Gasteiger partial charge in [0.1, 0.15) is 5.82 Å². The number of halogens is 2. The molecule has 1 aliphatic rings. The quantitative estimate of drug-likeness (QED) is 0.320. The summed E-state index contributed by atoms with van der Waals surface area (Å²) in [6.45, 7) is 8.49. The molecule has 1 aliphatic heterocycles. The Morgan fingerprint density at radius 3 is 2.70 bits per heavy atom. The third-order valence-corrected chi connectivity index (χ3v) is 5.03. The standard InChI is InChI=1S/C19H31FN4OS.HI/c1-15(13-24-6-8-25-9-7-24)11-22-19(21-2)23-12-16-4-5-18(20)10-17(16)14-26-3;/h4-5,10,15H,6-9,11-14H2,1-3H3,(H2,21,22,23);1H. The van der Waals surface area contributed by atoms with Gasteiger partial charge in [0, 0.05) is 45.5 Å². The monoisotopic (exact) mass is 510 g/mol. The highest BCUT2D eigenvalue weighted by atomic mass is 127. The molecule has 1 fully saturated rings. The third-order valence-electron chi connectivity index (χ3n) is 4.43. The van der Waals surface area contributed by atoms with Gasteiger partial charge in [-0.25, -0.2) is 4.39 Å². The maximum absolute atomic E-state index is 13.5. The molecule has 5 nitrogen and oxygen atoms in total. The number of hydrogen-bond donors (Lipinski definition) is 2. The van der Waals surface area contributed by atoms with E-state index < -0.39 is 0 Å². The molecule has 0 aliphatic carbocycles.